The highest BCUT2D eigenvalue weighted by molar-refractivity contribution is 8.93. The number of rotatable bonds is 6. The number of sulfone groups is 1. The van der Waals surface area contributed by atoms with E-state index in [2.05, 4.69) is 25.8 Å². The highest BCUT2D eigenvalue weighted by atomic mass is 79.9. The van der Waals surface area contributed by atoms with Crippen LogP contribution in [0.15, 0.2) is 29.2 Å². The second-order valence-electron chi connectivity index (χ2n) is 8.72. The lowest BCUT2D eigenvalue weighted by atomic mass is 9.81. The predicted molar refractivity (Wildman–Crippen MR) is 128 cm³/mol. The van der Waals surface area contributed by atoms with Crippen molar-refractivity contribution in [2.45, 2.75) is 68.6 Å². The highest BCUT2D eigenvalue weighted by Gasteiger charge is 2.43. The minimum atomic E-state index is -3.49. The molecule has 0 unspecified atom stereocenters. The molecule has 1 amide bonds. The van der Waals surface area contributed by atoms with Gasteiger partial charge in [0.2, 0.25) is 5.91 Å². The van der Waals surface area contributed by atoms with Crippen molar-refractivity contribution >= 4 is 44.3 Å². The van der Waals surface area contributed by atoms with Gasteiger partial charge in [-0.05, 0) is 76.8 Å². The Labute approximate surface area is 198 Å². The Morgan fingerprint density at radius 1 is 1.23 bits per heavy atom. The first kappa shape index (κ1) is 25.6. The van der Waals surface area contributed by atoms with Gasteiger partial charge in [0.15, 0.2) is 9.84 Å². The molecule has 9 heteroatoms. The summed E-state index contributed by atoms with van der Waals surface area (Å²) in [6.07, 6.45) is 3.16. The molecule has 2 aliphatic rings. The van der Waals surface area contributed by atoms with Gasteiger partial charge in [0.25, 0.3) is 0 Å². The van der Waals surface area contributed by atoms with Crippen molar-refractivity contribution in [1.29, 1.82) is 0 Å². The van der Waals surface area contributed by atoms with Crippen LogP contribution >= 0.6 is 28.6 Å². The maximum Gasteiger partial charge on any atom is 1.00 e. The maximum absolute atomic E-state index is 13.1. The van der Waals surface area contributed by atoms with Crippen LogP contribution in [-0.2, 0) is 14.6 Å². The van der Waals surface area contributed by atoms with Crippen LogP contribution < -0.4 is 5.73 Å². The van der Waals surface area contributed by atoms with Gasteiger partial charge in [0, 0.05) is 29.7 Å². The molecule has 3 rings (SSSR count). The van der Waals surface area contributed by atoms with Crippen LogP contribution in [0.4, 0.5) is 0 Å². The Morgan fingerprint density at radius 3 is 2.40 bits per heavy atom. The smallest absolute Gasteiger partial charge is 0.338 e. The van der Waals surface area contributed by atoms with E-state index in [0.717, 1.165) is 19.3 Å². The standard InChI is InChI=1S/C21H32ClN3O3S.BrH/c1-14(2)24(3)17-6-9-20(25-11-10-19(23)21(25)26)15(12-17)13-29(27,28)18-7-4-16(22)5-8-18;/h4-5,7-8,14-15,17,19-20H,6,9-13,23H2,1-3H3;1H/p+2/t15-,17+,19-,20-;/m0./s1. The molecule has 6 nitrogen and oxygen atoms in total. The fourth-order valence-corrected chi connectivity index (χ4v) is 6.47. The molecule has 0 aromatic heterocycles. The molecule has 2 fully saturated rings. The third-order valence-electron chi connectivity index (χ3n) is 6.59. The third-order valence-corrected chi connectivity index (χ3v) is 8.70. The zero-order valence-electron chi connectivity index (χ0n) is 19.8. The van der Waals surface area contributed by atoms with Crippen molar-refractivity contribution in [2.24, 2.45) is 11.7 Å². The van der Waals surface area contributed by atoms with E-state index in [0.29, 0.717) is 30.1 Å². The molecule has 30 heavy (non-hydrogen) atoms. The van der Waals surface area contributed by atoms with E-state index >= 15 is 0 Å². The lowest BCUT2D eigenvalue weighted by molar-refractivity contribution is -0.132. The minimum Gasteiger partial charge on any atom is -0.338 e. The lowest BCUT2D eigenvalue weighted by Gasteiger charge is -2.44. The van der Waals surface area contributed by atoms with Crippen LogP contribution in [0.25, 0.3) is 0 Å². The molecule has 170 valence electrons. The quantitative estimate of drug-likeness (QED) is 0.617. The number of carbonyl (C=O) groups excluding carboxylic acids is 1. The minimum absolute atomic E-state index is 0. The van der Waals surface area contributed by atoms with Gasteiger partial charge in [-0.2, -0.15) is 0 Å². The molecular weight excluding hydrogens is 490 g/mol. The van der Waals surface area contributed by atoms with Crippen LogP contribution in [0, 0.1) is 5.92 Å². The van der Waals surface area contributed by atoms with Crippen LogP contribution in [-0.4, -0.2) is 67.6 Å². The monoisotopic (exact) mass is 523 g/mol. The van der Waals surface area contributed by atoms with Crippen molar-refractivity contribution in [2.75, 3.05) is 19.3 Å². The molecule has 1 aromatic rings. The van der Waals surface area contributed by atoms with Crippen LogP contribution in [0.3, 0.4) is 0 Å². The van der Waals surface area contributed by atoms with E-state index < -0.39 is 15.9 Å². The number of nitrogens with zero attached hydrogens (tertiary/aromatic N) is 2. The Morgan fingerprint density at radius 2 is 1.87 bits per heavy atom. The number of halogens is 2. The number of amides is 1. The molecule has 4 atom stereocenters. The normalized spacial score (nSPS) is 27.6. The predicted octanol–water partition coefficient (Wildman–Crippen LogP) is 3.35. The van der Waals surface area contributed by atoms with Crippen LogP contribution in [0.5, 0.6) is 0 Å². The van der Waals surface area contributed by atoms with E-state index in [-0.39, 0.29) is 48.3 Å². The molecule has 0 bridgehead atoms. The van der Waals surface area contributed by atoms with Gasteiger partial charge < -0.3 is 15.5 Å². The molecule has 1 aromatic carbocycles. The SMILES string of the molecule is Br.CC(C)N(C)[C@@H]1CC[C@H](N2CC[C@H](N)C2=O)[C@H](CS(=O)(=O)c2ccc(Cl)cc2)C1.[H+].[H+]. The zero-order valence-corrected chi connectivity index (χ0v) is 21.1. The summed E-state index contributed by atoms with van der Waals surface area (Å²) in [5.41, 5.74) is 5.94. The summed E-state index contributed by atoms with van der Waals surface area (Å²) in [7, 11) is -1.39. The Kier molecular flexibility index (Phi) is 8.78. The summed E-state index contributed by atoms with van der Waals surface area (Å²) in [5, 5.41) is 0.509. The molecule has 2 N–H and O–H groups in total. The van der Waals surface area contributed by atoms with E-state index in [1.807, 2.05) is 4.90 Å². The number of likely N-dealkylation sites (tertiary alicyclic amines) is 1. The first-order valence-corrected chi connectivity index (χ1v) is 12.4. The van der Waals surface area contributed by atoms with Gasteiger partial charge in [-0.1, -0.05) is 11.6 Å². The second kappa shape index (κ2) is 10.3. The van der Waals surface area contributed by atoms with Crippen molar-refractivity contribution in [3.63, 3.8) is 0 Å². The zero-order chi connectivity index (χ0) is 21.3. The average Bonchev–Trinajstić information content (AvgIpc) is 3.00. The van der Waals surface area contributed by atoms with Gasteiger partial charge in [-0.15, -0.1) is 17.0 Å². The van der Waals surface area contributed by atoms with Crippen molar-refractivity contribution in [3.8, 4) is 0 Å². The van der Waals surface area contributed by atoms with Crippen LogP contribution in [0.1, 0.15) is 42.4 Å². The van der Waals surface area contributed by atoms with Gasteiger partial charge >= 0.3 is 2.85 Å². The van der Waals surface area contributed by atoms with Crippen molar-refractivity contribution < 1.29 is 16.1 Å². The third kappa shape index (κ3) is 5.57. The summed E-state index contributed by atoms with van der Waals surface area (Å²) in [6, 6.07) is 6.48. The summed E-state index contributed by atoms with van der Waals surface area (Å²) in [5.74, 6) is -0.134. The van der Waals surface area contributed by atoms with Gasteiger partial charge in [-0.25, -0.2) is 8.42 Å². The summed E-state index contributed by atoms with van der Waals surface area (Å²) in [6.45, 7) is 4.91. The fourth-order valence-electron chi connectivity index (χ4n) is 4.68. The molecule has 1 aliphatic heterocycles. The molecule has 1 saturated heterocycles. The summed E-state index contributed by atoms with van der Waals surface area (Å²) in [4.78, 5) is 17.0. The van der Waals surface area contributed by atoms with E-state index in [9.17, 15) is 13.2 Å². The average molecular weight is 525 g/mol. The molecule has 1 heterocycles. The van der Waals surface area contributed by atoms with Crippen molar-refractivity contribution in [1.82, 2.24) is 9.80 Å². The van der Waals surface area contributed by atoms with Gasteiger partial charge in [0.1, 0.15) is 0 Å². The molecule has 0 spiro atoms. The molecule has 1 saturated carbocycles. The van der Waals surface area contributed by atoms with Crippen LogP contribution in [0.2, 0.25) is 5.02 Å². The maximum atomic E-state index is 13.1. The molecule has 1 aliphatic carbocycles. The topological polar surface area (TPSA) is 83.7 Å². The first-order valence-electron chi connectivity index (χ1n) is 10.4. The lowest BCUT2D eigenvalue weighted by Crippen LogP contribution is -2.52. The summed E-state index contributed by atoms with van der Waals surface area (Å²) >= 11 is 5.92. The highest BCUT2D eigenvalue weighted by Crippen LogP contribution is 2.35. The first-order chi connectivity index (χ1) is 13.6. The van der Waals surface area contributed by atoms with E-state index in [4.69, 9.17) is 17.3 Å². The van der Waals surface area contributed by atoms with Gasteiger partial charge in [0.05, 0.1) is 16.7 Å². The Balaban J connectivity index is 0.00000320. The fraction of sp³-hybridized carbons (Fsp3) is 0.667. The number of hydrogen-bond donors (Lipinski definition) is 1. The molecule has 0 radical (unpaired) electrons. The number of carbonyl (C=O) groups is 1. The number of benzene rings is 1. The largest absolute Gasteiger partial charge is 1.00 e. The van der Waals surface area contributed by atoms with E-state index in [1.54, 1.807) is 24.3 Å². The Hall–Kier alpha value is -0.670. The number of nitrogens with two attached hydrogens (primary N) is 1. The second-order valence-corrected chi connectivity index (χ2v) is 11.2. The van der Waals surface area contributed by atoms with Crippen molar-refractivity contribution in [3.05, 3.63) is 29.3 Å². The van der Waals surface area contributed by atoms with E-state index in [1.165, 1.54) is 0 Å². The Bertz CT molecular complexity index is 845. The molecular formula is C21H35BrClN3O3S+2. The summed E-state index contributed by atoms with van der Waals surface area (Å²) < 4.78 is 26.3. The van der Waals surface area contributed by atoms with Gasteiger partial charge in [-0.3, -0.25) is 4.79 Å². The number of hydrogen-bond acceptors (Lipinski definition) is 5.